The molecule has 0 aromatic rings. The molecule has 0 saturated heterocycles. The van der Waals surface area contributed by atoms with E-state index in [9.17, 15) is 14.7 Å². The molecular formula is C24H52N2O5. The summed E-state index contributed by atoms with van der Waals surface area (Å²) in [5.41, 5.74) is 4.96. The fourth-order valence-electron chi connectivity index (χ4n) is 3.86. The van der Waals surface area contributed by atoms with E-state index >= 15 is 0 Å². The van der Waals surface area contributed by atoms with Gasteiger partial charge >= 0.3 is 11.9 Å². The van der Waals surface area contributed by atoms with Crippen LogP contribution in [-0.2, 0) is 9.59 Å². The molecule has 31 heavy (non-hydrogen) atoms. The Labute approximate surface area is 191 Å². The number of nitrogens with two attached hydrogens (primary N) is 1. The topological polar surface area (TPSA) is 124 Å². The number of unbranched alkanes of at least 4 members (excludes halogenated alkanes) is 2. The molecule has 0 aliphatic rings. The Morgan fingerprint density at radius 1 is 0.968 bits per heavy atom. The van der Waals surface area contributed by atoms with Crippen molar-refractivity contribution in [2.45, 2.75) is 112 Å². The first-order chi connectivity index (χ1) is 14.6. The molecule has 0 spiro atoms. The molecule has 0 fully saturated rings. The second-order valence-electron chi connectivity index (χ2n) is 7.95. The molecule has 7 nitrogen and oxygen atoms in total. The second-order valence-corrected chi connectivity index (χ2v) is 7.95. The van der Waals surface area contributed by atoms with Gasteiger partial charge in [0.15, 0.2) is 0 Å². The highest BCUT2D eigenvalue weighted by molar-refractivity contribution is 5.75. The summed E-state index contributed by atoms with van der Waals surface area (Å²) in [5, 5.41) is 26.5. The van der Waals surface area contributed by atoms with Crippen molar-refractivity contribution in [3.63, 3.8) is 0 Å². The average molecular weight is 449 g/mol. The maximum atomic E-state index is 11.5. The number of rotatable bonds is 15. The average Bonchev–Trinajstić information content (AvgIpc) is 2.72. The highest BCUT2D eigenvalue weighted by atomic mass is 16.4. The van der Waals surface area contributed by atoms with E-state index in [0.29, 0.717) is 25.8 Å². The van der Waals surface area contributed by atoms with Gasteiger partial charge in [-0.3, -0.25) is 14.5 Å². The van der Waals surface area contributed by atoms with Crippen molar-refractivity contribution in [1.82, 2.24) is 4.90 Å². The van der Waals surface area contributed by atoms with Crippen LogP contribution in [0.4, 0.5) is 0 Å². The quantitative estimate of drug-likeness (QED) is 0.206. The van der Waals surface area contributed by atoms with E-state index < -0.39 is 17.4 Å². The third kappa shape index (κ3) is 16.2. The number of aliphatic hydroxyl groups is 1. The Morgan fingerprint density at radius 2 is 1.52 bits per heavy atom. The Kier molecular flexibility index (Phi) is 24.5. The molecule has 0 radical (unpaired) electrons. The first-order valence-electron chi connectivity index (χ1n) is 12.1. The van der Waals surface area contributed by atoms with Crippen LogP contribution in [0.3, 0.4) is 0 Å². The monoisotopic (exact) mass is 448 g/mol. The lowest BCUT2D eigenvalue weighted by Gasteiger charge is -2.36. The number of carboxylic acids is 2. The first-order valence-corrected chi connectivity index (χ1v) is 12.1. The molecule has 0 rings (SSSR count). The molecule has 3 unspecified atom stereocenters. The third-order valence-corrected chi connectivity index (χ3v) is 5.89. The van der Waals surface area contributed by atoms with Gasteiger partial charge in [-0.2, -0.15) is 0 Å². The molecule has 7 heteroatoms. The molecule has 3 atom stereocenters. The zero-order valence-corrected chi connectivity index (χ0v) is 21.3. The van der Waals surface area contributed by atoms with E-state index in [4.69, 9.17) is 15.9 Å². The summed E-state index contributed by atoms with van der Waals surface area (Å²) < 4.78 is 0. The number of carbonyl (C=O) groups is 2. The van der Waals surface area contributed by atoms with E-state index in [0.717, 1.165) is 51.6 Å². The molecule has 0 bridgehead atoms. The van der Waals surface area contributed by atoms with E-state index in [2.05, 4.69) is 20.8 Å². The largest absolute Gasteiger partial charge is 0.481 e. The van der Waals surface area contributed by atoms with Crippen molar-refractivity contribution in [2.24, 2.45) is 17.1 Å². The second kappa shape index (κ2) is 22.0. The van der Waals surface area contributed by atoms with Crippen molar-refractivity contribution in [3.8, 4) is 0 Å². The lowest BCUT2D eigenvalue weighted by atomic mass is 9.68. The predicted octanol–water partition coefficient (Wildman–Crippen LogP) is 4.96. The maximum Gasteiger partial charge on any atom is 0.309 e. The molecule has 0 aromatic carbocycles. The van der Waals surface area contributed by atoms with E-state index in [-0.39, 0.29) is 12.1 Å². The number of aliphatic carboxylic acids is 2. The van der Waals surface area contributed by atoms with Crippen molar-refractivity contribution < 1.29 is 24.9 Å². The Bertz CT molecular complexity index is 428. The molecule has 0 amide bonds. The summed E-state index contributed by atoms with van der Waals surface area (Å²) in [6.07, 6.45) is 7.21. The Balaban J connectivity index is -0.000000415. The highest BCUT2D eigenvalue weighted by Gasteiger charge is 2.42. The molecule has 188 valence electrons. The van der Waals surface area contributed by atoms with Gasteiger partial charge < -0.3 is 21.1 Å². The molecule has 0 aliphatic carbocycles. The van der Waals surface area contributed by atoms with Gasteiger partial charge in [-0.1, -0.05) is 67.2 Å². The van der Waals surface area contributed by atoms with Crippen LogP contribution >= 0.6 is 0 Å². The van der Waals surface area contributed by atoms with Gasteiger partial charge in [-0.05, 0) is 58.2 Å². The summed E-state index contributed by atoms with van der Waals surface area (Å²) in [7, 11) is 0. The summed E-state index contributed by atoms with van der Waals surface area (Å²) in [6.45, 7) is 16.4. The van der Waals surface area contributed by atoms with Crippen LogP contribution in [0.2, 0.25) is 0 Å². The third-order valence-electron chi connectivity index (χ3n) is 5.89. The van der Waals surface area contributed by atoms with Crippen LogP contribution in [0.25, 0.3) is 0 Å². The van der Waals surface area contributed by atoms with E-state index in [1.165, 1.54) is 0 Å². The minimum Gasteiger partial charge on any atom is -0.481 e. The summed E-state index contributed by atoms with van der Waals surface area (Å²) >= 11 is 0. The zero-order chi connectivity index (χ0) is 24.9. The van der Waals surface area contributed by atoms with Crippen LogP contribution in [0.1, 0.15) is 106 Å². The molecule has 0 saturated carbocycles. The van der Waals surface area contributed by atoms with Gasteiger partial charge in [0.05, 0.1) is 5.41 Å². The maximum absolute atomic E-state index is 11.5. The Hall–Kier alpha value is -1.18. The molecule has 5 N–H and O–H groups in total. The smallest absolute Gasteiger partial charge is 0.309 e. The number of nitrogens with zero attached hydrogens (tertiary/aromatic N) is 1. The van der Waals surface area contributed by atoms with Gasteiger partial charge in [0.2, 0.25) is 0 Å². The summed E-state index contributed by atoms with van der Waals surface area (Å²) in [6, 6.07) is 0. The fraction of sp³-hybridized carbons (Fsp3) is 0.917. The SMILES string of the molecule is CCCC(CC)C(CC)(CCN)C(=O)O.CCCCCC(=O)O.CCN(CC)C(C)O. The highest BCUT2D eigenvalue weighted by Crippen LogP contribution is 2.40. The van der Waals surface area contributed by atoms with Crippen LogP contribution < -0.4 is 5.73 Å². The van der Waals surface area contributed by atoms with Gasteiger partial charge in [0.1, 0.15) is 6.23 Å². The Morgan fingerprint density at radius 3 is 1.74 bits per heavy atom. The van der Waals surface area contributed by atoms with Crippen molar-refractivity contribution in [2.75, 3.05) is 19.6 Å². The van der Waals surface area contributed by atoms with Crippen LogP contribution in [0.15, 0.2) is 0 Å². The summed E-state index contributed by atoms with van der Waals surface area (Å²) in [5.74, 6) is -1.09. The fourth-order valence-corrected chi connectivity index (χ4v) is 3.86. The van der Waals surface area contributed by atoms with Crippen molar-refractivity contribution in [1.29, 1.82) is 0 Å². The molecule has 0 aliphatic heterocycles. The first kappa shape index (κ1) is 34.4. The van der Waals surface area contributed by atoms with Crippen molar-refractivity contribution in [3.05, 3.63) is 0 Å². The number of hydrogen-bond donors (Lipinski definition) is 4. The minimum atomic E-state index is -0.682. The predicted molar refractivity (Wildman–Crippen MR) is 129 cm³/mol. The number of aliphatic hydroxyl groups excluding tert-OH is 1. The van der Waals surface area contributed by atoms with Crippen molar-refractivity contribution >= 4 is 11.9 Å². The van der Waals surface area contributed by atoms with Crippen LogP contribution in [0, 0.1) is 11.3 Å². The molecular weight excluding hydrogens is 396 g/mol. The zero-order valence-electron chi connectivity index (χ0n) is 21.3. The van der Waals surface area contributed by atoms with E-state index in [1.807, 2.05) is 25.7 Å². The minimum absolute atomic E-state index is 0.258. The number of carboxylic acid groups (broad SMARTS) is 2. The molecule has 0 heterocycles. The summed E-state index contributed by atoms with van der Waals surface area (Å²) in [4.78, 5) is 23.3. The van der Waals surface area contributed by atoms with Crippen LogP contribution in [-0.4, -0.2) is 58.0 Å². The van der Waals surface area contributed by atoms with Gasteiger partial charge in [-0.25, -0.2) is 0 Å². The lowest BCUT2D eigenvalue weighted by Crippen LogP contribution is -2.40. The van der Waals surface area contributed by atoms with E-state index in [1.54, 1.807) is 6.92 Å². The lowest BCUT2D eigenvalue weighted by molar-refractivity contribution is -0.154. The standard InChI is InChI=1S/C12H25NO2.C6H15NO.C6H12O2/c1-4-7-10(5-2)12(6-3,8-9-13)11(14)15;1-4-7(5-2)6(3)8;1-2-3-4-5-6(7)8/h10H,4-9,13H2,1-3H3,(H,14,15);6,8H,4-5H2,1-3H3;2-5H2,1H3,(H,7,8). The van der Waals surface area contributed by atoms with Gasteiger partial charge in [-0.15, -0.1) is 0 Å². The van der Waals surface area contributed by atoms with Gasteiger partial charge in [0, 0.05) is 6.42 Å². The van der Waals surface area contributed by atoms with Gasteiger partial charge in [0.25, 0.3) is 0 Å². The van der Waals surface area contributed by atoms with Crippen LogP contribution in [0.5, 0.6) is 0 Å². The number of hydrogen-bond acceptors (Lipinski definition) is 5. The normalized spacial score (nSPS) is 14.4. The molecule has 0 aromatic heterocycles.